The zero-order valence-electron chi connectivity index (χ0n) is 20.7. The van der Waals surface area contributed by atoms with Gasteiger partial charge in [0.1, 0.15) is 0 Å². The maximum absolute atomic E-state index is 13.9. The molecule has 4 rings (SSSR count). The fourth-order valence-electron chi connectivity index (χ4n) is 4.50. The molecule has 3 atom stereocenters. The third kappa shape index (κ3) is 6.04. The summed E-state index contributed by atoms with van der Waals surface area (Å²) in [5, 5.41) is 4.08. The topological polar surface area (TPSA) is 95.6 Å². The van der Waals surface area contributed by atoms with Crippen LogP contribution in [-0.4, -0.2) is 32.8 Å². The molecule has 0 bridgehead atoms. The van der Waals surface area contributed by atoms with Crippen LogP contribution in [0.3, 0.4) is 0 Å². The van der Waals surface area contributed by atoms with Crippen LogP contribution < -0.4 is 14.9 Å². The van der Waals surface area contributed by atoms with Gasteiger partial charge in [0.15, 0.2) is 0 Å². The predicted molar refractivity (Wildman–Crippen MR) is 145 cm³/mol. The summed E-state index contributed by atoms with van der Waals surface area (Å²) in [4.78, 5) is 28.2. The number of nitrogens with one attached hydrogen (secondary N) is 2. The van der Waals surface area contributed by atoms with Crippen LogP contribution in [-0.2, 0) is 19.6 Å². The molecular formula is C28H30ClN3O4S. The molecule has 0 aliphatic carbocycles. The highest BCUT2D eigenvalue weighted by Gasteiger charge is 2.37. The number of halogens is 1. The van der Waals surface area contributed by atoms with Gasteiger partial charge in [0, 0.05) is 23.7 Å². The number of nitrogens with zero attached hydrogens (tertiary/aromatic N) is 1. The van der Waals surface area contributed by atoms with Crippen molar-refractivity contribution in [2.75, 3.05) is 11.4 Å². The Bertz CT molecular complexity index is 1370. The molecule has 0 saturated heterocycles. The molecule has 0 spiro atoms. The van der Waals surface area contributed by atoms with Crippen LogP contribution in [0.2, 0.25) is 5.02 Å². The molecule has 3 aromatic carbocycles. The molecule has 7 nitrogen and oxygen atoms in total. The number of anilines is 1. The number of rotatable bonds is 8. The summed E-state index contributed by atoms with van der Waals surface area (Å²) in [7, 11) is -4.01. The summed E-state index contributed by atoms with van der Waals surface area (Å²) < 4.78 is 27.3. The van der Waals surface area contributed by atoms with Crippen molar-refractivity contribution in [1.82, 2.24) is 10.0 Å². The minimum Gasteiger partial charge on any atom is -0.310 e. The highest BCUT2D eigenvalue weighted by molar-refractivity contribution is 7.90. The lowest BCUT2D eigenvalue weighted by molar-refractivity contribution is -0.122. The smallest absolute Gasteiger partial charge is 0.264 e. The Morgan fingerprint density at radius 1 is 1.05 bits per heavy atom. The zero-order valence-corrected chi connectivity index (χ0v) is 22.3. The van der Waals surface area contributed by atoms with Crippen LogP contribution in [0.1, 0.15) is 43.9 Å². The van der Waals surface area contributed by atoms with Crippen LogP contribution in [0.4, 0.5) is 5.69 Å². The van der Waals surface area contributed by atoms with Gasteiger partial charge in [-0.1, -0.05) is 80.4 Å². The van der Waals surface area contributed by atoms with Crippen LogP contribution in [0, 0.1) is 5.92 Å². The molecule has 3 aromatic rings. The van der Waals surface area contributed by atoms with Crippen LogP contribution in [0.15, 0.2) is 83.8 Å². The summed E-state index contributed by atoms with van der Waals surface area (Å²) in [6.07, 6.45) is 0.578. The fourth-order valence-corrected chi connectivity index (χ4v) is 5.71. The quantitative estimate of drug-likeness (QED) is 0.433. The van der Waals surface area contributed by atoms with E-state index >= 15 is 0 Å². The molecule has 1 aliphatic heterocycles. The minimum atomic E-state index is -4.01. The van der Waals surface area contributed by atoms with Crippen molar-refractivity contribution in [3.05, 3.63) is 95.0 Å². The van der Waals surface area contributed by atoms with Crippen molar-refractivity contribution in [2.24, 2.45) is 5.92 Å². The molecule has 2 amide bonds. The molecule has 37 heavy (non-hydrogen) atoms. The average Bonchev–Trinajstić information content (AvgIpc) is 3.01. The van der Waals surface area contributed by atoms with Gasteiger partial charge in [-0.25, -0.2) is 13.1 Å². The van der Waals surface area contributed by atoms with Gasteiger partial charge in [0.2, 0.25) is 11.8 Å². The Hall–Kier alpha value is -3.20. The van der Waals surface area contributed by atoms with Crippen LogP contribution >= 0.6 is 11.6 Å². The number of sulfonamides is 1. The standard InChI is InChI=1S/C28H30ClN3O4S/c1-3-19(2)26-28(34)32(17-16-25(33)31-37(35,36)22-12-8-5-9-13-22)24-15-14-21(29)18-23(24)27(30-26)20-10-6-4-7-11-20/h4-15,18-19,26-27,30H,3,16-17H2,1-2H3,(H,31,33)/t19-,26-,27?/m0/s1. The van der Waals surface area contributed by atoms with Crippen molar-refractivity contribution < 1.29 is 18.0 Å². The number of carbonyl (C=O) groups excluding carboxylic acids is 2. The third-order valence-electron chi connectivity index (χ3n) is 6.68. The van der Waals surface area contributed by atoms with Crippen molar-refractivity contribution in [2.45, 2.75) is 43.7 Å². The van der Waals surface area contributed by atoms with E-state index in [1.165, 1.54) is 12.1 Å². The van der Waals surface area contributed by atoms with E-state index in [0.29, 0.717) is 10.7 Å². The lowest BCUT2D eigenvalue weighted by atomic mass is 9.94. The molecule has 0 fully saturated rings. The maximum atomic E-state index is 13.9. The second-order valence-electron chi connectivity index (χ2n) is 9.16. The number of amides is 2. The first-order valence-corrected chi connectivity index (χ1v) is 14.1. The molecule has 1 unspecified atom stereocenters. The highest BCUT2D eigenvalue weighted by atomic mass is 35.5. The van der Waals surface area contributed by atoms with E-state index in [4.69, 9.17) is 11.6 Å². The minimum absolute atomic E-state index is 0.000855. The summed E-state index contributed by atoms with van der Waals surface area (Å²) in [5.41, 5.74) is 2.44. The van der Waals surface area contributed by atoms with Gasteiger partial charge in [-0.3, -0.25) is 14.9 Å². The molecule has 0 saturated carbocycles. The van der Waals surface area contributed by atoms with E-state index in [2.05, 4.69) is 10.0 Å². The fraction of sp³-hybridized carbons (Fsp3) is 0.286. The predicted octanol–water partition coefficient (Wildman–Crippen LogP) is 4.68. The van der Waals surface area contributed by atoms with Crippen molar-refractivity contribution in [3.63, 3.8) is 0 Å². The van der Waals surface area contributed by atoms with Gasteiger partial charge in [-0.2, -0.15) is 0 Å². The first-order valence-electron chi connectivity index (χ1n) is 12.2. The Kier molecular flexibility index (Phi) is 8.32. The van der Waals surface area contributed by atoms with E-state index in [-0.39, 0.29) is 35.7 Å². The van der Waals surface area contributed by atoms with Gasteiger partial charge in [-0.05, 0) is 47.4 Å². The Morgan fingerprint density at radius 3 is 2.35 bits per heavy atom. The number of carbonyl (C=O) groups is 2. The lowest BCUT2D eigenvalue weighted by Gasteiger charge is -2.28. The normalized spacial score (nSPS) is 18.6. The highest BCUT2D eigenvalue weighted by Crippen LogP contribution is 2.37. The first kappa shape index (κ1) is 26.9. The summed E-state index contributed by atoms with van der Waals surface area (Å²) in [6, 6.07) is 22.0. The number of hydrogen-bond donors (Lipinski definition) is 2. The second kappa shape index (κ2) is 11.5. The van der Waals surface area contributed by atoms with E-state index in [1.807, 2.05) is 50.2 Å². The lowest BCUT2D eigenvalue weighted by Crippen LogP contribution is -2.49. The zero-order chi connectivity index (χ0) is 26.6. The number of fused-ring (bicyclic) bond motifs is 1. The molecule has 2 N–H and O–H groups in total. The van der Waals surface area contributed by atoms with E-state index in [1.54, 1.807) is 35.2 Å². The second-order valence-corrected chi connectivity index (χ2v) is 11.3. The van der Waals surface area contributed by atoms with Crippen LogP contribution in [0.25, 0.3) is 0 Å². The van der Waals surface area contributed by atoms with Crippen LogP contribution in [0.5, 0.6) is 0 Å². The van der Waals surface area contributed by atoms with E-state index in [0.717, 1.165) is 17.5 Å². The van der Waals surface area contributed by atoms with E-state index in [9.17, 15) is 18.0 Å². The monoisotopic (exact) mass is 539 g/mol. The van der Waals surface area contributed by atoms with Gasteiger partial charge in [0.25, 0.3) is 10.0 Å². The van der Waals surface area contributed by atoms with E-state index < -0.39 is 22.0 Å². The summed E-state index contributed by atoms with van der Waals surface area (Å²) in [5.74, 6) is -0.850. The van der Waals surface area contributed by atoms with Gasteiger partial charge in [-0.15, -0.1) is 0 Å². The summed E-state index contributed by atoms with van der Waals surface area (Å²) >= 11 is 6.39. The van der Waals surface area contributed by atoms with Gasteiger partial charge >= 0.3 is 0 Å². The molecule has 0 aromatic heterocycles. The Morgan fingerprint density at radius 2 is 1.70 bits per heavy atom. The van der Waals surface area contributed by atoms with Crippen molar-refractivity contribution >= 4 is 39.1 Å². The summed E-state index contributed by atoms with van der Waals surface area (Å²) in [6.45, 7) is 4.05. The van der Waals surface area contributed by atoms with Crippen molar-refractivity contribution in [1.29, 1.82) is 0 Å². The SMILES string of the molecule is CC[C@H](C)[C@@H]1NC(c2ccccc2)c2cc(Cl)ccc2N(CCC(=O)NS(=O)(=O)c2ccccc2)C1=O. The van der Waals surface area contributed by atoms with Crippen molar-refractivity contribution in [3.8, 4) is 0 Å². The molecule has 194 valence electrons. The Balaban J connectivity index is 1.66. The first-order chi connectivity index (χ1) is 17.7. The van der Waals surface area contributed by atoms with Gasteiger partial charge < -0.3 is 4.90 Å². The third-order valence-corrected chi connectivity index (χ3v) is 8.30. The molecular weight excluding hydrogens is 510 g/mol. The molecule has 9 heteroatoms. The molecule has 1 aliphatic rings. The number of benzene rings is 3. The molecule has 1 heterocycles. The van der Waals surface area contributed by atoms with Gasteiger partial charge in [0.05, 0.1) is 17.0 Å². The molecule has 0 radical (unpaired) electrons. The Labute approximate surface area is 222 Å². The maximum Gasteiger partial charge on any atom is 0.264 e. The largest absolute Gasteiger partial charge is 0.310 e. The number of hydrogen-bond acceptors (Lipinski definition) is 5. The average molecular weight is 540 g/mol.